The van der Waals surface area contributed by atoms with E-state index in [1.54, 1.807) is 0 Å². The Morgan fingerprint density at radius 2 is 0.544 bits per heavy atom. The first-order valence-electron chi connectivity index (χ1n) is 17.8. The molecule has 0 bridgehead atoms. The summed E-state index contributed by atoms with van der Waals surface area (Å²) in [6.45, 7) is 0. The molecule has 0 nitrogen and oxygen atoms in total. The maximum Gasteiger partial charge on any atom is 3.00 e. The van der Waals surface area contributed by atoms with Crippen molar-refractivity contribution in [2.45, 2.75) is 0 Å². The summed E-state index contributed by atoms with van der Waals surface area (Å²) in [7, 11) is -1.70. The van der Waals surface area contributed by atoms with Crippen LogP contribution in [0, 0.1) is 0 Å². The van der Waals surface area contributed by atoms with Crippen molar-refractivity contribution >= 4 is 80.8 Å². The predicted octanol–water partition coefficient (Wildman–Crippen LogP) is 2.53. The van der Waals surface area contributed by atoms with Gasteiger partial charge in [-0.3, -0.25) is 0 Å². The Balaban J connectivity index is 0.000000595. The van der Waals surface area contributed by atoms with Gasteiger partial charge in [0, 0.05) is 5.02 Å². The molecule has 0 saturated carbocycles. The third kappa shape index (κ3) is 10.4. The maximum atomic E-state index is 5.54. The molecule has 7 heteroatoms. The molecule has 0 saturated heterocycles. The molecule has 0 unspecified atom stereocenters. The minimum Gasteiger partial charge on any atom is -1.00 e. The van der Waals surface area contributed by atoms with E-state index in [4.69, 9.17) is 11.6 Å². The fourth-order valence-corrected chi connectivity index (χ4v) is 12.1. The molecule has 57 heavy (non-hydrogen) atoms. The minimum absolute atomic E-state index is 0. The van der Waals surface area contributed by atoms with Gasteiger partial charge in [-0.2, -0.15) is 0 Å². The zero-order valence-electron chi connectivity index (χ0n) is 30.6. The van der Waals surface area contributed by atoms with Crippen molar-refractivity contribution < 1.29 is 56.7 Å². The van der Waals surface area contributed by atoms with Gasteiger partial charge in [0.15, 0.2) is 0 Å². The number of hydrogen-bond acceptors (Lipinski definition) is 0. The molecule has 9 aromatic carbocycles. The SMILES string of the molecule is Clc1ccccc1.[Cl-].[Cl-].[Cl-].[Ru+3].c1ccc(P(c2ccccc2)c2ccc3ccccc3c2-c2c(P(c3ccccc3)c3ccccc3)ccc3ccccc23)cc1. The molecule has 0 aliphatic carbocycles. The van der Waals surface area contributed by atoms with E-state index in [1.807, 2.05) is 30.3 Å². The van der Waals surface area contributed by atoms with Crippen molar-refractivity contribution in [2.24, 2.45) is 0 Å². The average molecular weight is 943 g/mol. The molecule has 0 fully saturated rings. The summed E-state index contributed by atoms with van der Waals surface area (Å²) in [4.78, 5) is 0. The number of hydrogen-bond donors (Lipinski definition) is 0. The first kappa shape index (κ1) is 45.8. The van der Waals surface area contributed by atoms with Crippen LogP contribution in [0.25, 0.3) is 32.7 Å². The summed E-state index contributed by atoms with van der Waals surface area (Å²) in [6, 6.07) is 81.3. The summed E-state index contributed by atoms with van der Waals surface area (Å²) >= 11 is 5.54. The second kappa shape index (κ2) is 22.3. The predicted molar refractivity (Wildman–Crippen MR) is 236 cm³/mol. The standard InChI is InChI=1S/C44H32P2.C6H5Cl.3ClH.Ru/c1-5-19-35(20-6-1)45(36-21-7-2-8-22-36)41-31-29-33-17-13-15-27-39(33)43(41)44-40-28-16-14-18-34(40)30-32-42(44)46(37-23-9-3-10-24-37)38-25-11-4-12-26-38;7-6-4-2-1-3-5-6;;;;/h1-32H;1-5H;3*1H;/q;;;;;+3/p-3. The summed E-state index contributed by atoms with van der Waals surface area (Å²) in [5, 5.41) is 14.1. The monoisotopic (exact) mass is 941 g/mol. The molecule has 283 valence electrons. The summed E-state index contributed by atoms with van der Waals surface area (Å²) in [6.07, 6.45) is 0. The van der Waals surface area contributed by atoms with Crippen molar-refractivity contribution in [1.29, 1.82) is 0 Å². The van der Waals surface area contributed by atoms with E-state index in [0.717, 1.165) is 5.02 Å². The zero-order valence-corrected chi connectivity index (χ0v) is 37.2. The second-order valence-electron chi connectivity index (χ2n) is 12.7. The van der Waals surface area contributed by atoms with Crippen molar-refractivity contribution in [2.75, 3.05) is 0 Å². The Morgan fingerprint density at radius 1 is 0.281 bits per heavy atom. The summed E-state index contributed by atoms with van der Waals surface area (Å²) in [5.41, 5.74) is 2.70. The zero-order chi connectivity index (χ0) is 35.8. The fourth-order valence-electron chi connectivity index (χ4n) is 7.00. The van der Waals surface area contributed by atoms with Crippen LogP contribution >= 0.6 is 27.4 Å². The Bertz CT molecular complexity index is 2340. The van der Waals surface area contributed by atoms with Crippen LogP contribution < -0.4 is 69.0 Å². The Labute approximate surface area is 375 Å². The molecule has 0 spiro atoms. The van der Waals surface area contributed by atoms with Gasteiger partial charge >= 0.3 is 19.5 Å². The van der Waals surface area contributed by atoms with Gasteiger partial charge in [0.25, 0.3) is 0 Å². The summed E-state index contributed by atoms with van der Waals surface area (Å²) < 4.78 is 0. The molecule has 0 aliphatic rings. The van der Waals surface area contributed by atoms with E-state index in [1.165, 1.54) is 64.5 Å². The average Bonchev–Trinajstić information content (AvgIpc) is 3.23. The normalized spacial score (nSPS) is 10.3. The Hall–Kier alpha value is -3.86. The van der Waals surface area contributed by atoms with E-state index in [2.05, 4.69) is 194 Å². The van der Waals surface area contributed by atoms with Gasteiger partial charge in [-0.05, 0) is 92.5 Å². The Kier molecular flexibility index (Phi) is 18.0. The smallest absolute Gasteiger partial charge is 1.00 e. The van der Waals surface area contributed by atoms with Gasteiger partial charge in [0.1, 0.15) is 0 Å². The van der Waals surface area contributed by atoms with Crippen LogP contribution in [0.4, 0.5) is 0 Å². The fraction of sp³-hybridized carbons (Fsp3) is 0. The van der Waals surface area contributed by atoms with Crippen molar-refractivity contribution in [3.05, 3.63) is 229 Å². The maximum absolute atomic E-state index is 5.54. The molecule has 1 radical (unpaired) electrons. The van der Waals surface area contributed by atoms with E-state index in [-0.39, 0.29) is 56.7 Å². The molecule has 0 aliphatic heterocycles. The van der Waals surface area contributed by atoms with E-state index >= 15 is 0 Å². The van der Waals surface area contributed by atoms with Crippen LogP contribution in [0.5, 0.6) is 0 Å². The number of fused-ring (bicyclic) bond motifs is 2. The van der Waals surface area contributed by atoms with Crippen molar-refractivity contribution in [1.82, 2.24) is 0 Å². The molecular formula is C50H37Cl4P2Ru. The van der Waals surface area contributed by atoms with E-state index in [0.29, 0.717) is 0 Å². The van der Waals surface area contributed by atoms with Gasteiger partial charge in [-0.25, -0.2) is 0 Å². The Morgan fingerprint density at radius 3 is 0.825 bits per heavy atom. The van der Waals surface area contributed by atoms with Crippen LogP contribution in [-0.4, -0.2) is 0 Å². The molecule has 0 aromatic heterocycles. The molecule has 0 N–H and O–H groups in total. The molecule has 0 heterocycles. The molecule has 0 amide bonds. The third-order valence-corrected chi connectivity index (χ3v) is 14.6. The van der Waals surface area contributed by atoms with Gasteiger partial charge in [-0.1, -0.05) is 224 Å². The van der Waals surface area contributed by atoms with Crippen LogP contribution in [-0.2, 0) is 19.5 Å². The van der Waals surface area contributed by atoms with Gasteiger partial charge in [0.2, 0.25) is 0 Å². The quantitative estimate of drug-likeness (QED) is 0.171. The first-order chi connectivity index (χ1) is 26.3. The molecule has 9 rings (SSSR count). The number of benzene rings is 9. The second-order valence-corrected chi connectivity index (χ2v) is 17.5. The first-order valence-corrected chi connectivity index (χ1v) is 20.9. The van der Waals surface area contributed by atoms with Crippen LogP contribution in [0.1, 0.15) is 0 Å². The topological polar surface area (TPSA) is 0 Å². The number of rotatable bonds is 7. The minimum atomic E-state index is -0.852. The largest absolute Gasteiger partial charge is 3.00 e. The van der Waals surface area contributed by atoms with Crippen LogP contribution in [0.3, 0.4) is 0 Å². The molecule has 0 atom stereocenters. The number of halogens is 4. The third-order valence-electron chi connectivity index (χ3n) is 9.34. The molecule has 9 aromatic rings. The molecular weight excluding hydrogens is 905 g/mol. The van der Waals surface area contributed by atoms with E-state index < -0.39 is 15.8 Å². The van der Waals surface area contributed by atoms with Crippen LogP contribution in [0.2, 0.25) is 5.02 Å². The van der Waals surface area contributed by atoms with Crippen molar-refractivity contribution in [3.63, 3.8) is 0 Å². The van der Waals surface area contributed by atoms with Gasteiger partial charge < -0.3 is 37.2 Å². The van der Waals surface area contributed by atoms with Gasteiger partial charge in [-0.15, -0.1) is 0 Å². The van der Waals surface area contributed by atoms with Crippen LogP contribution in [0.15, 0.2) is 224 Å². The van der Waals surface area contributed by atoms with Gasteiger partial charge in [0.05, 0.1) is 0 Å². The summed E-state index contributed by atoms with van der Waals surface area (Å²) in [5.74, 6) is 0. The van der Waals surface area contributed by atoms with E-state index in [9.17, 15) is 0 Å². The van der Waals surface area contributed by atoms with Crippen molar-refractivity contribution in [3.8, 4) is 11.1 Å².